The minimum absolute atomic E-state index is 0.0526. The molecule has 4 rings (SSSR count). The summed E-state index contributed by atoms with van der Waals surface area (Å²) in [6, 6.07) is 12.8. The highest BCUT2D eigenvalue weighted by Crippen LogP contribution is 2.15. The molecule has 0 saturated heterocycles. The maximum Gasteiger partial charge on any atom is 0.283 e. The number of rotatable bonds is 6. The fourth-order valence-corrected chi connectivity index (χ4v) is 2.90. The minimum Gasteiger partial charge on any atom is -0.497 e. The highest BCUT2D eigenvalue weighted by Gasteiger charge is 2.14. The zero-order valence-electron chi connectivity index (χ0n) is 15.9. The lowest BCUT2D eigenvalue weighted by atomic mass is 10.2. The number of amides is 1. The predicted molar refractivity (Wildman–Crippen MR) is 107 cm³/mol. The summed E-state index contributed by atoms with van der Waals surface area (Å²) in [4.78, 5) is 29.2. The van der Waals surface area contributed by atoms with E-state index in [0.29, 0.717) is 11.4 Å². The second kappa shape index (κ2) is 8.11. The van der Waals surface area contributed by atoms with E-state index in [1.807, 2.05) is 0 Å². The molecular formula is C20H17FN6O3. The number of halogens is 1. The molecule has 0 aliphatic rings. The van der Waals surface area contributed by atoms with Gasteiger partial charge in [-0.2, -0.15) is 0 Å². The Morgan fingerprint density at radius 1 is 1.13 bits per heavy atom. The fourth-order valence-electron chi connectivity index (χ4n) is 2.90. The predicted octanol–water partition coefficient (Wildman–Crippen LogP) is 1.82. The lowest BCUT2D eigenvalue weighted by molar-refractivity contribution is -0.116. The molecule has 0 aliphatic carbocycles. The van der Waals surface area contributed by atoms with Crippen LogP contribution in [0, 0.1) is 5.82 Å². The summed E-state index contributed by atoms with van der Waals surface area (Å²) < 4.78 is 20.8. The van der Waals surface area contributed by atoms with Crippen molar-refractivity contribution in [1.82, 2.24) is 24.5 Å². The van der Waals surface area contributed by atoms with E-state index in [4.69, 9.17) is 4.74 Å². The monoisotopic (exact) mass is 408 g/mol. The van der Waals surface area contributed by atoms with Crippen molar-refractivity contribution < 1.29 is 13.9 Å². The Morgan fingerprint density at radius 2 is 1.87 bits per heavy atom. The molecule has 30 heavy (non-hydrogen) atoms. The first-order valence-electron chi connectivity index (χ1n) is 9.00. The number of hydrogen-bond donors (Lipinski definition) is 1. The summed E-state index contributed by atoms with van der Waals surface area (Å²) in [5, 5.41) is 10.6. The number of carbonyl (C=O) groups excluding carboxylic acids is 1. The van der Waals surface area contributed by atoms with E-state index in [2.05, 4.69) is 20.6 Å². The van der Waals surface area contributed by atoms with Gasteiger partial charge >= 0.3 is 0 Å². The number of nitrogens with zero attached hydrogens (tertiary/aromatic N) is 5. The first-order valence-corrected chi connectivity index (χ1v) is 9.00. The van der Waals surface area contributed by atoms with Crippen LogP contribution >= 0.6 is 0 Å². The van der Waals surface area contributed by atoms with Gasteiger partial charge in [-0.1, -0.05) is 17.3 Å². The first kappa shape index (κ1) is 19.2. The van der Waals surface area contributed by atoms with E-state index < -0.39 is 5.56 Å². The fraction of sp³-hybridized carbons (Fsp3) is 0.150. The normalized spacial score (nSPS) is 10.9. The summed E-state index contributed by atoms with van der Waals surface area (Å²) in [6.07, 6.45) is 1.28. The molecule has 0 unspecified atom stereocenters. The third-order valence-corrected chi connectivity index (χ3v) is 4.43. The zero-order valence-corrected chi connectivity index (χ0v) is 15.9. The van der Waals surface area contributed by atoms with Crippen molar-refractivity contribution in [2.45, 2.75) is 13.1 Å². The third-order valence-electron chi connectivity index (χ3n) is 4.43. The Hall–Kier alpha value is -4.08. The minimum atomic E-state index is -0.477. The molecule has 152 valence electrons. The average Bonchev–Trinajstić information content (AvgIpc) is 3.16. The molecule has 2 aromatic carbocycles. The number of carbonyl (C=O) groups is 1. The van der Waals surface area contributed by atoms with Crippen LogP contribution in [-0.2, 0) is 17.9 Å². The molecule has 1 N–H and O–H groups in total. The van der Waals surface area contributed by atoms with Crippen LogP contribution in [0.4, 0.5) is 10.1 Å². The molecule has 0 spiro atoms. The van der Waals surface area contributed by atoms with Crippen molar-refractivity contribution in [1.29, 1.82) is 0 Å². The number of methoxy groups -OCH3 is 1. The van der Waals surface area contributed by atoms with Gasteiger partial charge in [0.25, 0.3) is 5.56 Å². The highest BCUT2D eigenvalue weighted by molar-refractivity contribution is 5.90. The summed E-state index contributed by atoms with van der Waals surface area (Å²) in [5.41, 5.74) is 1.23. The van der Waals surface area contributed by atoms with Crippen molar-refractivity contribution in [3.8, 4) is 5.75 Å². The van der Waals surface area contributed by atoms with Crippen molar-refractivity contribution in [3.63, 3.8) is 0 Å². The Morgan fingerprint density at radius 3 is 2.57 bits per heavy atom. The largest absolute Gasteiger partial charge is 0.497 e. The number of ether oxygens (including phenoxy) is 1. The zero-order chi connectivity index (χ0) is 21.1. The molecule has 0 aliphatic heterocycles. The van der Waals surface area contributed by atoms with Crippen molar-refractivity contribution in [2.24, 2.45) is 0 Å². The van der Waals surface area contributed by atoms with Gasteiger partial charge in [0.05, 0.1) is 13.7 Å². The van der Waals surface area contributed by atoms with Gasteiger partial charge in [-0.3, -0.25) is 14.2 Å². The molecule has 2 heterocycles. The van der Waals surface area contributed by atoms with Crippen LogP contribution in [0.25, 0.3) is 11.2 Å². The second-order valence-electron chi connectivity index (χ2n) is 6.50. The first-order chi connectivity index (χ1) is 14.5. The quantitative estimate of drug-likeness (QED) is 0.522. The SMILES string of the molecule is COc1ccc(NC(=O)Cn2cnc3c(nnn3Cc3ccc(F)cc3)c2=O)cc1. The van der Waals surface area contributed by atoms with Gasteiger partial charge in [0.1, 0.15) is 24.4 Å². The van der Waals surface area contributed by atoms with E-state index in [-0.39, 0.29) is 36.0 Å². The summed E-state index contributed by atoms with van der Waals surface area (Å²) in [7, 11) is 1.55. The number of benzene rings is 2. The number of fused-ring (bicyclic) bond motifs is 1. The van der Waals surface area contributed by atoms with E-state index in [1.165, 1.54) is 23.1 Å². The van der Waals surface area contributed by atoms with Crippen LogP contribution in [0.3, 0.4) is 0 Å². The van der Waals surface area contributed by atoms with Crippen LogP contribution in [0.15, 0.2) is 59.7 Å². The number of anilines is 1. The van der Waals surface area contributed by atoms with Crippen LogP contribution in [0.5, 0.6) is 5.75 Å². The molecule has 0 fully saturated rings. The molecule has 0 saturated carbocycles. The number of aromatic nitrogens is 5. The van der Waals surface area contributed by atoms with E-state index >= 15 is 0 Å². The number of hydrogen-bond acceptors (Lipinski definition) is 6. The Bertz CT molecular complexity index is 1250. The summed E-state index contributed by atoms with van der Waals surface area (Å²) in [5.74, 6) is -0.0548. The van der Waals surface area contributed by atoms with Gasteiger partial charge in [0.2, 0.25) is 5.91 Å². The van der Waals surface area contributed by atoms with Crippen molar-refractivity contribution >= 4 is 22.8 Å². The summed E-state index contributed by atoms with van der Waals surface area (Å²) in [6.45, 7) is 0.0593. The third kappa shape index (κ3) is 4.02. The Labute approximate surface area is 169 Å². The summed E-state index contributed by atoms with van der Waals surface area (Å²) >= 11 is 0. The molecule has 1 amide bonds. The molecule has 10 heteroatoms. The molecule has 2 aromatic heterocycles. The van der Waals surface area contributed by atoms with Crippen LogP contribution < -0.4 is 15.6 Å². The Balaban J connectivity index is 1.51. The van der Waals surface area contributed by atoms with E-state index in [9.17, 15) is 14.0 Å². The second-order valence-corrected chi connectivity index (χ2v) is 6.50. The van der Waals surface area contributed by atoms with Crippen LogP contribution in [-0.4, -0.2) is 37.6 Å². The Kier molecular flexibility index (Phi) is 5.21. The lowest BCUT2D eigenvalue weighted by Crippen LogP contribution is -2.28. The van der Waals surface area contributed by atoms with Crippen LogP contribution in [0.1, 0.15) is 5.56 Å². The molecular weight excluding hydrogens is 391 g/mol. The van der Waals surface area contributed by atoms with Crippen LogP contribution in [0.2, 0.25) is 0 Å². The maximum atomic E-state index is 13.1. The van der Waals surface area contributed by atoms with Gasteiger partial charge in [-0.25, -0.2) is 14.1 Å². The lowest BCUT2D eigenvalue weighted by Gasteiger charge is -2.08. The molecule has 9 nitrogen and oxygen atoms in total. The molecule has 4 aromatic rings. The van der Waals surface area contributed by atoms with E-state index in [0.717, 1.165) is 10.1 Å². The topological polar surface area (TPSA) is 104 Å². The highest BCUT2D eigenvalue weighted by atomic mass is 19.1. The molecule has 0 atom stereocenters. The van der Waals surface area contributed by atoms with Gasteiger partial charge in [-0.05, 0) is 42.0 Å². The smallest absolute Gasteiger partial charge is 0.283 e. The van der Waals surface area contributed by atoms with Crippen molar-refractivity contribution in [3.05, 3.63) is 76.6 Å². The molecule has 0 bridgehead atoms. The average molecular weight is 408 g/mol. The standard InChI is InChI=1S/C20H17FN6O3/c1-30-16-8-6-15(7-9-16)23-17(28)11-26-12-22-19-18(20(26)29)24-25-27(19)10-13-2-4-14(21)5-3-13/h2-9,12H,10-11H2,1H3,(H,23,28). The molecule has 0 radical (unpaired) electrons. The van der Waals surface area contributed by atoms with Gasteiger partial charge in [0.15, 0.2) is 11.2 Å². The van der Waals surface area contributed by atoms with Gasteiger partial charge in [0, 0.05) is 5.69 Å². The van der Waals surface area contributed by atoms with Gasteiger partial charge in [-0.15, -0.1) is 5.10 Å². The van der Waals surface area contributed by atoms with E-state index in [1.54, 1.807) is 43.5 Å². The maximum absolute atomic E-state index is 13.1. The van der Waals surface area contributed by atoms with Crippen molar-refractivity contribution in [2.75, 3.05) is 12.4 Å². The number of nitrogens with one attached hydrogen (secondary N) is 1. The van der Waals surface area contributed by atoms with Gasteiger partial charge < -0.3 is 10.1 Å².